The summed E-state index contributed by atoms with van der Waals surface area (Å²) in [6.45, 7) is 1.55. The lowest BCUT2D eigenvalue weighted by Gasteiger charge is -2.11. The average molecular weight is 425 g/mol. The van der Waals surface area contributed by atoms with Gasteiger partial charge in [-0.2, -0.15) is 0 Å². The molecule has 0 saturated carbocycles. The molecule has 2 amide bonds. The topological polar surface area (TPSA) is 97.7 Å². The minimum absolute atomic E-state index is 0.0769. The Labute approximate surface area is 181 Å². The zero-order chi connectivity index (χ0) is 22.4. The Bertz CT molecular complexity index is 1080. The molecule has 0 atom stereocenters. The summed E-state index contributed by atoms with van der Waals surface area (Å²) in [4.78, 5) is 31.1. The van der Waals surface area contributed by atoms with Crippen LogP contribution in [-0.2, 0) is 11.3 Å². The van der Waals surface area contributed by atoms with Crippen molar-refractivity contribution in [2.75, 3.05) is 46.7 Å². The molecule has 3 aromatic rings. The minimum atomic E-state index is -0.278. The van der Waals surface area contributed by atoms with Gasteiger partial charge in [-0.15, -0.1) is 0 Å². The number of methoxy groups -OCH3 is 2. The van der Waals surface area contributed by atoms with E-state index in [0.717, 1.165) is 12.1 Å². The lowest BCUT2D eigenvalue weighted by molar-refractivity contribution is -0.121. The van der Waals surface area contributed by atoms with Crippen molar-refractivity contribution in [2.45, 2.75) is 6.54 Å². The Morgan fingerprint density at radius 2 is 1.84 bits per heavy atom. The SMILES string of the molecule is COc1ccc(C(=O)Nc2ccc3c(c2)ncn3CC(=O)NCCN(C)C)cc1OC. The molecule has 0 unspecified atom stereocenters. The number of benzene rings is 2. The van der Waals surface area contributed by atoms with E-state index in [1.165, 1.54) is 7.11 Å². The van der Waals surface area contributed by atoms with Crippen LogP contribution in [0.5, 0.6) is 11.5 Å². The van der Waals surface area contributed by atoms with Gasteiger partial charge in [0.15, 0.2) is 11.5 Å². The molecular formula is C22H27N5O4. The van der Waals surface area contributed by atoms with Crippen molar-refractivity contribution in [3.05, 3.63) is 48.3 Å². The zero-order valence-corrected chi connectivity index (χ0v) is 18.1. The first-order valence-corrected chi connectivity index (χ1v) is 9.81. The van der Waals surface area contributed by atoms with E-state index in [2.05, 4.69) is 15.6 Å². The lowest BCUT2D eigenvalue weighted by atomic mass is 10.1. The number of carbonyl (C=O) groups is 2. The van der Waals surface area contributed by atoms with Crippen LogP contribution in [0.3, 0.4) is 0 Å². The molecule has 0 saturated heterocycles. The average Bonchev–Trinajstić information content (AvgIpc) is 3.14. The van der Waals surface area contributed by atoms with E-state index in [9.17, 15) is 9.59 Å². The van der Waals surface area contributed by atoms with Crippen LogP contribution < -0.4 is 20.1 Å². The number of hydrogen-bond acceptors (Lipinski definition) is 6. The number of imidazole rings is 1. The number of fused-ring (bicyclic) bond motifs is 1. The highest BCUT2D eigenvalue weighted by Gasteiger charge is 2.13. The molecule has 0 fully saturated rings. The summed E-state index contributed by atoms with van der Waals surface area (Å²) >= 11 is 0. The maximum Gasteiger partial charge on any atom is 0.255 e. The van der Waals surface area contributed by atoms with Gasteiger partial charge in [0.2, 0.25) is 5.91 Å². The molecule has 0 bridgehead atoms. The van der Waals surface area contributed by atoms with Crippen LogP contribution in [0.25, 0.3) is 11.0 Å². The number of rotatable bonds is 9. The van der Waals surface area contributed by atoms with Gasteiger partial charge in [-0.25, -0.2) is 4.98 Å². The van der Waals surface area contributed by atoms with E-state index < -0.39 is 0 Å². The molecule has 0 spiro atoms. The number of ether oxygens (including phenoxy) is 2. The fraction of sp³-hybridized carbons (Fsp3) is 0.318. The van der Waals surface area contributed by atoms with Crippen molar-refractivity contribution in [3.63, 3.8) is 0 Å². The molecular weight excluding hydrogens is 398 g/mol. The second-order valence-corrected chi connectivity index (χ2v) is 7.25. The predicted molar refractivity (Wildman–Crippen MR) is 119 cm³/mol. The molecule has 9 nitrogen and oxygen atoms in total. The van der Waals surface area contributed by atoms with Gasteiger partial charge >= 0.3 is 0 Å². The summed E-state index contributed by atoms with van der Waals surface area (Å²) in [6, 6.07) is 10.4. The van der Waals surface area contributed by atoms with Gasteiger partial charge in [0.25, 0.3) is 5.91 Å². The number of amides is 2. The third-order valence-electron chi connectivity index (χ3n) is 4.72. The van der Waals surface area contributed by atoms with E-state index in [-0.39, 0.29) is 18.4 Å². The molecule has 0 aliphatic carbocycles. The summed E-state index contributed by atoms with van der Waals surface area (Å²) in [5, 5.41) is 5.74. The highest BCUT2D eigenvalue weighted by molar-refractivity contribution is 6.05. The van der Waals surface area contributed by atoms with Gasteiger partial charge in [0, 0.05) is 24.3 Å². The normalized spacial score (nSPS) is 10.9. The first-order valence-electron chi connectivity index (χ1n) is 9.81. The summed E-state index contributed by atoms with van der Waals surface area (Å²) in [5.74, 6) is 0.678. The summed E-state index contributed by atoms with van der Waals surface area (Å²) < 4.78 is 12.2. The third kappa shape index (κ3) is 5.52. The Morgan fingerprint density at radius 3 is 2.55 bits per heavy atom. The van der Waals surface area contributed by atoms with Gasteiger partial charge in [-0.3, -0.25) is 9.59 Å². The maximum atomic E-state index is 12.6. The molecule has 0 aliphatic heterocycles. The standard InChI is InChI=1S/C22H27N5O4/c1-26(2)10-9-23-21(28)13-27-14-24-17-12-16(6-7-18(17)27)25-22(29)15-5-8-19(30-3)20(11-15)31-4/h5-8,11-12,14H,9-10,13H2,1-4H3,(H,23,28)(H,25,29). The first kappa shape index (κ1) is 22.1. The molecule has 2 aromatic carbocycles. The zero-order valence-electron chi connectivity index (χ0n) is 18.1. The van der Waals surface area contributed by atoms with Crippen molar-refractivity contribution in [2.24, 2.45) is 0 Å². The van der Waals surface area contributed by atoms with Crippen molar-refractivity contribution in [1.29, 1.82) is 0 Å². The number of hydrogen-bond donors (Lipinski definition) is 2. The largest absolute Gasteiger partial charge is 0.493 e. The highest BCUT2D eigenvalue weighted by Crippen LogP contribution is 2.28. The Kier molecular flexibility index (Phi) is 7.09. The molecule has 3 rings (SSSR count). The second kappa shape index (κ2) is 9.94. The highest BCUT2D eigenvalue weighted by atomic mass is 16.5. The molecule has 1 aromatic heterocycles. The van der Waals surface area contributed by atoms with Crippen LogP contribution in [0, 0.1) is 0 Å². The fourth-order valence-corrected chi connectivity index (χ4v) is 3.08. The van der Waals surface area contributed by atoms with Crippen LogP contribution in [0.15, 0.2) is 42.7 Å². The number of carbonyl (C=O) groups excluding carboxylic acids is 2. The van der Waals surface area contributed by atoms with Crippen LogP contribution in [0.1, 0.15) is 10.4 Å². The first-order chi connectivity index (χ1) is 14.9. The number of anilines is 1. The van der Waals surface area contributed by atoms with E-state index in [1.54, 1.807) is 48.3 Å². The Balaban J connectivity index is 1.68. The number of likely N-dealkylation sites (N-methyl/N-ethyl adjacent to an activating group) is 1. The van der Waals surface area contributed by atoms with Crippen LogP contribution in [0.4, 0.5) is 5.69 Å². The van der Waals surface area contributed by atoms with Crippen molar-refractivity contribution in [3.8, 4) is 11.5 Å². The Hall–Kier alpha value is -3.59. The lowest BCUT2D eigenvalue weighted by Crippen LogP contribution is -2.33. The quantitative estimate of drug-likeness (QED) is 0.544. The molecule has 0 aliphatic rings. The van der Waals surface area contributed by atoms with Gasteiger partial charge in [0.05, 0.1) is 31.6 Å². The van der Waals surface area contributed by atoms with E-state index in [1.807, 2.05) is 25.1 Å². The predicted octanol–water partition coefficient (Wildman–Crippen LogP) is 1.98. The molecule has 2 N–H and O–H groups in total. The number of aromatic nitrogens is 2. The second-order valence-electron chi connectivity index (χ2n) is 7.25. The smallest absolute Gasteiger partial charge is 0.255 e. The molecule has 9 heteroatoms. The molecule has 0 radical (unpaired) electrons. The maximum absolute atomic E-state index is 12.6. The number of nitrogens with zero attached hydrogens (tertiary/aromatic N) is 3. The third-order valence-corrected chi connectivity index (χ3v) is 4.72. The van der Waals surface area contributed by atoms with E-state index >= 15 is 0 Å². The van der Waals surface area contributed by atoms with Gasteiger partial charge < -0.3 is 29.6 Å². The summed E-state index contributed by atoms with van der Waals surface area (Å²) in [6.07, 6.45) is 1.62. The molecule has 31 heavy (non-hydrogen) atoms. The van der Waals surface area contributed by atoms with Gasteiger partial charge in [-0.1, -0.05) is 0 Å². The summed E-state index contributed by atoms with van der Waals surface area (Å²) in [7, 11) is 6.97. The molecule has 164 valence electrons. The van der Waals surface area contributed by atoms with Gasteiger partial charge in [0.1, 0.15) is 6.54 Å². The monoisotopic (exact) mass is 425 g/mol. The van der Waals surface area contributed by atoms with Crippen LogP contribution in [-0.4, -0.2) is 67.7 Å². The fourth-order valence-electron chi connectivity index (χ4n) is 3.08. The van der Waals surface area contributed by atoms with Crippen molar-refractivity contribution in [1.82, 2.24) is 19.8 Å². The number of nitrogens with one attached hydrogen (secondary N) is 2. The van der Waals surface area contributed by atoms with Crippen molar-refractivity contribution >= 4 is 28.5 Å². The molecule has 1 heterocycles. The Morgan fingerprint density at radius 1 is 1.06 bits per heavy atom. The minimum Gasteiger partial charge on any atom is -0.493 e. The van der Waals surface area contributed by atoms with Gasteiger partial charge in [-0.05, 0) is 50.5 Å². The van der Waals surface area contributed by atoms with Crippen LogP contribution in [0.2, 0.25) is 0 Å². The van der Waals surface area contributed by atoms with E-state index in [0.29, 0.717) is 34.8 Å². The summed E-state index contributed by atoms with van der Waals surface area (Å²) in [5.41, 5.74) is 2.55. The van der Waals surface area contributed by atoms with Crippen LogP contribution >= 0.6 is 0 Å². The van der Waals surface area contributed by atoms with Crippen molar-refractivity contribution < 1.29 is 19.1 Å². The van der Waals surface area contributed by atoms with E-state index in [4.69, 9.17) is 9.47 Å².